The van der Waals surface area contributed by atoms with Crippen LogP contribution in [0.2, 0.25) is 0 Å². The van der Waals surface area contributed by atoms with Gasteiger partial charge >= 0.3 is 0 Å². The zero-order valence-electron chi connectivity index (χ0n) is 15.8. The summed E-state index contributed by atoms with van der Waals surface area (Å²) >= 11 is 0. The van der Waals surface area contributed by atoms with Gasteiger partial charge in [-0.3, -0.25) is 0 Å². The van der Waals surface area contributed by atoms with Gasteiger partial charge in [0.05, 0.1) is 0 Å². The minimum Gasteiger partial charge on any atom is -0.0955 e. The molecule has 2 rings (SSSR count). The lowest BCUT2D eigenvalue weighted by Crippen LogP contribution is -2.33. The van der Waals surface area contributed by atoms with Gasteiger partial charge in [0.25, 0.3) is 0 Å². The zero-order chi connectivity index (χ0) is 17.3. The maximum atomic E-state index is 4.04. The molecule has 124 valence electrons. The van der Waals surface area contributed by atoms with E-state index in [0.717, 1.165) is 18.4 Å². The van der Waals surface area contributed by atoms with E-state index in [1.165, 1.54) is 23.1 Å². The number of hydrogen-bond donors (Lipinski definition) is 0. The molecule has 0 N–H and O–H groups in total. The standard InChI is InChI=1S/C23H32/c1-8-10-21-22(5,6)20(15-16-23(21,7)9-2)19-13-11-18(12-14-19)17(3)4/h10-15H,3,8-9,16H2,1-2,4-7H3/b21-10-/t23-/m1/s1. The van der Waals surface area contributed by atoms with Crippen molar-refractivity contribution in [3.63, 3.8) is 0 Å². The average molecular weight is 309 g/mol. The molecule has 1 aromatic carbocycles. The molecule has 0 amide bonds. The van der Waals surface area contributed by atoms with Crippen molar-refractivity contribution < 1.29 is 0 Å². The van der Waals surface area contributed by atoms with Crippen LogP contribution in [0.1, 0.15) is 71.9 Å². The molecule has 1 atom stereocenters. The van der Waals surface area contributed by atoms with Gasteiger partial charge in [-0.15, -0.1) is 0 Å². The van der Waals surface area contributed by atoms with Gasteiger partial charge in [0.15, 0.2) is 0 Å². The van der Waals surface area contributed by atoms with Crippen molar-refractivity contribution in [3.8, 4) is 0 Å². The molecule has 0 heterocycles. The smallest absolute Gasteiger partial charge is 0.0113 e. The van der Waals surface area contributed by atoms with Gasteiger partial charge in [-0.25, -0.2) is 0 Å². The monoisotopic (exact) mass is 308 g/mol. The summed E-state index contributed by atoms with van der Waals surface area (Å²) in [5.41, 5.74) is 7.15. The van der Waals surface area contributed by atoms with Crippen molar-refractivity contribution in [2.24, 2.45) is 10.8 Å². The molecule has 0 aromatic heterocycles. The Hall–Kier alpha value is -1.56. The first-order chi connectivity index (χ1) is 10.8. The van der Waals surface area contributed by atoms with Crippen LogP contribution in [0.3, 0.4) is 0 Å². The molecule has 0 unspecified atom stereocenters. The van der Waals surface area contributed by atoms with Crippen molar-refractivity contribution in [2.45, 2.75) is 60.8 Å². The third kappa shape index (κ3) is 3.22. The number of hydrogen-bond acceptors (Lipinski definition) is 0. The minimum absolute atomic E-state index is 0.0871. The van der Waals surface area contributed by atoms with E-state index in [1.807, 2.05) is 0 Å². The second-order valence-corrected chi connectivity index (χ2v) is 7.74. The van der Waals surface area contributed by atoms with E-state index in [1.54, 1.807) is 5.57 Å². The van der Waals surface area contributed by atoms with Crippen LogP contribution in [-0.2, 0) is 0 Å². The quantitative estimate of drug-likeness (QED) is 0.512. The first-order valence-corrected chi connectivity index (χ1v) is 8.94. The van der Waals surface area contributed by atoms with E-state index < -0.39 is 0 Å². The highest BCUT2D eigenvalue weighted by molar-refractivity contribution is 5.76. The highest BCUT2D eigenvalue weighted by Crippen LogP contribution is 2.55. The molecular formula is C23H32. The van der Waals surface area contributed by atoms with Crippen molar-refractivity contribution in [1.82, 2.24) is 0 Å². The lowest BCUT2D eigenvalue weighted by atomic mass is 9.58. The summed E-state index contributed by atoms with van der Waals surface area (Å²) in [5.74, 6) is 0. The van der Waals surface area contributed by atoms with Crippen LogP contribution in [0.15, 0.2) is 48.6 Å². The molecule has 0 heteroatoms. The van der Waals surface area contributed by atoms with Gasteiger partial charge in [-0.1, -0.05) is 88.8 Å². The SMILES string of the molecule is C=C(C)c1ccc(C2=CC[C@@](C)(CC)/C(=C\CC)C2(C)C)cc1. The molecule has 23 heavy (non-hydrogen) atoms. The van der Waals surface area contributed by atoms with Gasteiger partial charge in [-0.05, 0) is 48.3 Å². The summed E-state index contributed by atoms with van der Waals surface area (Å²) in [5, 5.41) is 0. The molecule has 0 spiro atoms. The zero-order valence-corrected chi connectivity index (χ0v) is 15.8. The lowest BCUT2D eigenvalue weighted by molar-refractivity contribution is 0.310. The van der Waals surface area contributed by atoms with E-state index in [2.05, 4.69) is 84.5 Å². The maximum absolute atomic E-state index is 4.04. The second kappa shape index (κ2) is 6.51. The van der Waals surface area contributed by atoms with Gasteiger partial charge in [0, 0.05) is 5.41 Å². The van der Waals surface area contributed by atoms with Crippen LogP contribution in [0.4, 0.5) is 0 Å². The van der Waals surface area contributed by atoms with E-state index in [-0.39, 0.29) is 5.41 Å². The van der Waals surface area contributed by atoms with E-state index in [9.17, 15) is 0 Å². The predicted molar refractivity (Wildman–Crippen MR) is 104 cm³/mol. The molecule has 0 nitrogen and oxygen atoms in total. The summed E-state index contributed by atoms with van der Waals surface area (Å²) in [6, 6.07) is 8.92. The summed E-state index contributed by atoms with van der Waals surface area (Å²) in [6.07, 6.45) is 8.39. The summed E-state index contributed by atoms with van der Waals surface area (Å²) in [6.45, 7) is 17.9. The van der Waals surface area contributed by atoms with Crippen LogP contribution in [0.5, 0.6) is 0 Å². The fraction of sp³-hybridized carbons (Fsp3) is 0.478. The third-order valence-corrected chi connectivity index (χ3v) is 5.63. The topological polar surface area (TPSA) is 0 Å². The molecular weight excluding hydrogens is 276 g/mol. The number of rotatable bonds is 4. The van der Waals surface area contributed by atoms with Crippen molar-refractivity contribution in [1.29, 1.82) is 0 Å². The van der Waals surface area contributed by atoms with Crippen molar-refractivity contribution in [3.05, 3.63) is 59.7 Å². The first kappa shape index (κ1) is 17.8. The Balaban J connectivity index is 2.51. The Morgan fingerprint density at radius 1 is 1.13 bits per heavy atom. The average Bonchev–Trinajstić information content (AvgIpc) is 2.51. The van der Waals surface area contributed by atoms with Crippen LogP contribution < -0.4 is 0 Å². The fourth-order valence-corrected chi connectivity index (χ4v) is 4.05. The van der Waals surface area contributed by atoms with Crippen molar-refractivity contribution in [2.75, 3.05) is 0 Å². The number of benzene rings is 1. The van der Waals surface area contributed by atoms with Gasteiger partial charge in [0.1, 0.15) is 0 Å². The van der Waals surface area contributed by atoms with Gasteiger partial charge < -0.3 is 0 Å². The Bertz CT molecular complexity index is 637. The molecule has 0 saturated heterocycles. The first-order valence-electron chi connectivity index (χ1n) is 8.94. The Labute approximate surface area is 143 Å². The molecule has 0 saturated carbocycles. The normalized spacial score (nSPS) is 25.3. The van der Waals surface area contributed by atoms with Gasteiger partial charge in [-0.2, -0.15) is 0 Å². The van der Waals surface area contributed by atoms with Crippen LogP contribution >= 0.6 is 0 Å². The van der Waals surface area contributed by atoms with E-state index in [0.29, 0.717) is 5.41 Å². The van der Waals surface area contributed by atoms with Crippen LogP contribution in [0, 0.1) is 10.8 Å². The summed E-state index contributed by atoms with van der Waals surface area (Å²) in [4.78, 5) is 0. The minimum atomic E-state index is 0.0871. The largest absolute Gasteiger partial charge is 0.0955 e. The van der Waals surface area contributed by atoms with Crippen LogP contribution in [0.25, 0.3) is 11.1 Å². The van der Waals surface area contributed by atoms with Crippen LogP contribution in [-0.4, -0.2) is 0 Å². The van der Waals surface area contributed by atoms with Crippen molar-refractivity contribution >= 4 is 11.1 Å². The molecule has 0 bridgehead atoms. The molecule has 1 aliphatic carbocycles. The third-order valence-electron chi connectivity index (χ3n) is 5.63. The molecule has 1 aromatic rings. The highest BCUT2D eigenvalue weighted by atomic mass is 14.5. The molecule has 0 radical (unpaired) electrons. The van der Waals surface area contributed by atoms with E-state index in [4.69, 9.17) is 0 Å². The maximum Gasteiger partial charge on any atom is 0.0113 e. The highest BCUT2D eigenvalue weighted by Gasteiger charge is 2.41. The Morgan fingerprint density at radius 2 is 1.74 bits per heavy atom. The summed E-state index contributed by atoms with van der Waals surface area (Å²) in [7, 11) is 0. The predicted octanol–water partition coefficient (Wildman–Crippen LogP) is 7.29. The van der Waals surface area contributed by atoms with E-state index >= 15 is 0 Å². The lowest BCUT2D eigenvalue weighted by Gasteiger charge is -2.46. The van der Waals surface area contributed by atoms with Gasteiger partial charge in [0.2, 0.25) is 0 Å². The molecule has 0 fully saturated rings. The Kier molecular flexibility index (Phi) is 5.04. The summed E-state index contributed by atoms with van der Waals surface area (Å²) < 4.78 is 0. The second-order valence-electron chi connectivity index (χ2n) is 7.74. The molecule has 0 aliphatic heterocycles. The molecule has 1 aliphatic rings. The Morgan fingerprint density at radius 3 is 2.22 bits per heavy atom. The number of allylic oxidation sites excluding steroid dienone is 5. The fourth-order valence-electron chi connectivity index (χ4n) is 4.05.